The van der Waals surface area contributed by atoms with Crippen LogP contribution in [0, 0.1) is 0 Å². The lowest BCUT2D eigenvalue weighted by molar-refractivity contribution is -0.127. The van der Waals surface area contributed by atoms with Crippen molar-refractivity contribution in [2.75, 3.05) is 11.9 Å². The van der Waals surface area contributed by atoms with Crippen LogP contribution in [0.25, 0.3) is 0 Å². The van der Waals surface area contributed by atoms with Crippen molar-refractivity contribution in [1.29, 1.82) is 0 Å². The number of anilines is 1. The van der Waals surface area contributed by atoms with Crippen molar-refractivity contribution in [3.63, 3.8) is 0 Å². The van der Waals surface area contributed by atoms with Crippen molar-refractivity contribution in [1.82, 2.24) is 10.4 Å². The molecule has 28 heavy (non-hydrogen) atoms. The Morgan fingerprint density at radius 3 is 2.75 bits per heavy atom. The number of ether oxygens (including phenoxy) is 1. The number of carbonyl (C=O) groups is 2. The molecule has 8 heteroatoms. The van der Waals surface area contributed by atoms with E-state index in [4.69, 9.17) is 9.15 Å². The van der Waals surface area contributed by atoms with E-state index in [1.807, 2.05) is 24.3 Å². The summed E-state index contributed by atoms with van der Waals surface area (Å²) in [6, 6.07) is 17.8. The lowest BCUT2D eigenvalue weighted by Gasteiger charge is -2.36. The van der Waals surface area contributed by atoms with Gasteiger partial charge in [0.15, 0.2) is 12.8 Å². The Morgan fingerprint density at radius 2 is 2.00 bits per heavy atom. The number of nitrogens with zero attached hydrogens (tertiary/aromatic N) is 1. The van der Waals surface area contributed by atoms with Gasteiger partial charge in [0.25, 0.3) is 11.8 Å². The molecule has 1 aromatic heterocycles. The lowest BCUT2D eigenvalue weighted by Crippen LogP contribution is -2.53. The number of fused-ring (bicyclic) bond motifs is 1. The summed E-state index contributed by atoms with van der Waals surface area (Å²) in [6.45, 7) is -0.232. The molecule has 0 bridgehead atoms. The van der Waals surface area contributed by atoms with Gasteiger partial charge in [-0.1, -0.05) is 34.1 Å². The van der Waals surface area contributed by atoms with Crippen molar-refractivity contribution < 1.29 is 18.7 Å². The molecule has 2 heterocycles. The number of rotatable bonds is 5. The molecular formula is C20H16BrN3O4. The number of para-hydroxylation sites is 1. The van der Waals surface area contributed by atoms with E-state index in [2.05, 4.69) is 26.7 Å². The topological polar surface area (TPSA) is 83.8 Å². The standard InChI is InChI=1S/C20H16BrN3O4/c21-13-8-9-16-15(11-13)20(26)24(19(22-16)17-7-4-10-27-17)23-18(25)12-28-14-5-2-1-3-6-14/h1-11,19,22H,12H2,(H,23,25). The first kappa shape index (κ1) is 18.1. The highest BCUT2D eigenvalue weighted by molar-refractivity contribution is 9.10. The highest BCUT2D eigenvalue weighted by Crippen LogP contribution is 2.33. The van der Waals surface area contributed by atoms with E-state index in [1.54, 1.807) is 36.4 Å². The summed E-state index contributed by atoms with van der Waals surface area (Å²) in [5.74, 6) is 0.238. The van der Waals surface area contributed by atoms with Crippen LogP contribution >= 0.6 is 15.9 Å². The number of amides is 2. The van der Waals surface area contributed by atoms with Crippen molar-refractivity contribution in [2.24, 2.45) is 0 Å². The Hall–Kier alpha value is -3.26. The van der Waals surface area contributed by atoms with Crippen molar-refractivity contribution in [2.45, 2.75) is 6.17 Å². The van der Waals surface area contributed by atoms with E-state index < -0.39 is 12.1 Å². The van der Waals surface area contributed by atoms with Gasteiger partial charge in [0, 0.05) is 10.2 Å². The number of hydrazine groups is 1. The second-order valence-electron chi connectivity index (χ2n) is 6.06. The van der Waals surface area contributed by atoms with Crippen LogP contribution in [0.1, 0.15) is 22.3 Å². The van der Waals surface area contributed by atoms with Crippen LogP contribution in [-0.4, -0.2) is 23.4 Å². The van der Waals surface area contributed by atoms with Gasteiger partial charge in [-0.15, -0.1) is 0 Å². The van der Waals surface area contributed by atoms with E-state index in [-0.39, 0.29) is 12.5 Å². The minimum atomic E-state index is -0.683. The molecule has 0 saturated carbocycles. The van der Waals surface area contributed by atoms with E-state index in [9.17, 15) is 9.59 Å². The monoisotopic (exact) mass is 441 g/mol. The van der Waals surface area contributed by atoms with E-state index in [0.717, 1.165) is 4.47 Å². The summed E-state index contributed by atoms with van der Waals surface area (Å²) < 4.78 is 11.7. The number of nitrogens with one attached hydrogen (secondary N) is 2. The summed E-state index contributed by atoms with van der Waals surface area (Å²) in [4.78, 5) is 25.5. The molecule has 3 aromatic rings. The van der Waals surface area contributed by atoms with Gasteiger partial charge in [-0.2, -0.15) is 0 Å². The molecule has 0 spiro atoms. The summed E-state index contributed by atoms with van der Waals surface area (Å²) in [7, 11) is 0. The zero-order valence-corrected chi connectivity index (χ0v) is 16.2. The fourth-order valence-corrected chi connectivity index (χ4v) is 3.23. The summed E-state index contributed by atoms with van der Waals surface area (Å²) >= 11 is 3.37. The molecule has 1 aliphatic heterocycles. The molecule has 0 radical (unpaired) electrons. The maximum Gasteiger partial charge on any atom is 0.276 e. The van der Waals surface area contributed by atoms with Crippen molar-refractivity contribution >= 4 is 33.4 Å². The van der Waals surface area contributed by atoms with Gasteiger partial charge in [0.2, 0.25) is 0 Å². The van der Waals surface area contributed by atoms with Crippen LogP contribution in [0.3, 0.4) is 0 Å². The Bertz CT molecular complexity index is 992. The summed E-state index contributed by atoms with van der Waals surface area (Å²) in [6.07, 6.45) is 0.828. The van der Waals surface area contributed by atoms with Gasteiger partial charge >= 0.3 is 0 Å². The second-order valence-corrected chi connectivity index (χ2v) is 6.98. The fraction of sp³-hybridized carbons (Fsp3) is 0.100. The number of furan rings is 1. The SMILES string of the molecule is O=C(COc1ccccc1)NN1C(=O)c2cc(Br)ccc2NC1c1ccco1. The Labute approximate surface area is 169 Å². The van der Waals surface area contributed by atoms with Gasteiger partial charge in [0.05, 0.1) is 11.8 Å². The van der Waals surface area contributed by atoms with Gasteiger partial charge in [-0.3, -0.25) is 15.0 Å². The first-order chi connectivity index (χ1) is 13.6. The minimum absolute atomic E-state index is 0.232. The van der Waals surface area contributed by atoms with Gasteiger partial charge < -0.3 is 14.5 Å². The molecule has 1 unspecified atom stereocenters. The Balaban J connectivity index is 1.55. The number of hydrogen-bond donors (Lipinski definition) is 2. The van der Waals surface area contributed by atoms with Crippen LogP contribution in [0.4, 0.5) is 5.69 Å². The third-order valence-corrected chi connectivity index (χ3v) is 4.65. The predicted molar refractivity (Wildman–Crippen MR) is 105 cm³/mol. The minimum Gasteiger partial charge on any atom is -0.484 e. The van der Waals surface area contributed by atoms with E-state index in [1.165, 1.54) is 11.3 Å². The van der Waals surface area contributed by atoms with E-state index >= 15 is 0 Å². The Morgan fingerprint density at radius 1 is 1.18 bits per heavy atom. The summed E-state index contributed by atoms with van der Waals surface area (Å²) in [5.41, 5.74) is 3.70. The number of benzene rings is 2. The Kier molecular flexibility index (Phi) is 5.03. The molecule has 2 amide bonds. The molecule has 4 rings (SSSR count). The molecule has 0 saturated heterocycles. The molecule has 1 atom stereocenters. The van der Waals surface area contributed by atoms with E-state index in [0.29, 0.717) is 22.8 Å². The van der Waals surface area contributed by atoms with Gasteiger partial charge in [-0.25, -0.2) is 5.01 Å². The van der Waals surface area contributed by atoms with Gasteiger partial charge in [0.1, 0.15) is 11.5 Å². The average molecular weight is 442 g/mol. The maximum absolute atomic E-state index is 13.1. The first-order valence-electron chi connectivity index (χ1n) is 8.52. The molecule has 2 N–H and O–H groups in total. The predicted octanol–water partition coefficient (Wildman–Crippen LogP) is 3.72. The smallest absolute Gasteiger partial charge is 0.276 e. The van der Waals surface area contributed by atoms with Crippen LogP contribution < -0.4 is 15.5 Å². The molecule has 0 fully saturated rings. The molecule has 2 aromatic carbocycles. The number of halogens is 1. The average Bonchev–Trinajstić information content (AvgIpc) is 3.24. The zero-order valence-electron chi connectivity index (χ0n) is 14.6. The molecule has 142 valence electrons. The molecule has 1 aliphatic rings. The van der Waals surface area contributed by atoms with Crippen molar-refractivity contribution in [3.8, 4) is 5.75 Å². The third kappa shape index (κ3) is 3.72. The quantitative estimate of drug-likeness (QED) is 0.630. The van der Waals surface area contributed by atoms with Crippen molar-refractivity contribution in [3.05, 3.63) is 82.7 Å². The number of hydrogen-bond acceptors (Lipinski definition) is 5. The van der Waals surface area contributed by atoms with Crippen LogP contribution in [0.15, 0.2) is 75.8 Å². The van der Waals surface area contributed by atoms with Crippen LogP contribution in [0.2, 0.25) is 0 Å². The lowest BCUT2D eigenvalue weighted by atomic mass is 10.1. The second kappa shape index (κ2) is 7.77. The van der Waals surface area contributed by atoms with Crippen LogP contribution in [0.5, 0.6) is 5.75 Å². The molecular weight excluding hydrogens is 426 g/mol. The third-order valence-electron chi connectivity index (χ3n) is 4.15. The van der Waals surface area contributed by atoms with Gasteiger partial charge in [-0.05, 0) is 42.5 Å². The summed E-state index contributed by atoms with van der Waals surface area (Å²) in [5, 5.41) is 4.43. The first-order valence-corrected chi connectivity index (χ1v) is 9.31. The normalized spacial score (nSPS) is 15.5. The highest BCUT2D eigenvalue weighted by Gasteiger charge is 2.36. The highest BCUT2D eigenvalue weighted by atomic mass is 79.9. The zero-order chi connectivity index (χ0) is 19.5. The maximum atomic E-state index is 13.1. The molecule has 7 nitrogen and oxygen atoms in total. The molecule has 0 aliphatic carbocycles. The largest absolute Gasteiger partial charge is 0.484 e. The fourth-order valence-electron chi connectivity index (χ4n) is 2.87. The van der Waals surface area contributed by atoms with Crippen LogP contribution in [-0.2, 0) is 4.79 Å². The number of carbonyl (C=O) groups excluding carboxylic acids is 2.